The minimum Gasteiger partial charge on any atom is -0.335 e. The average molecular weight is 584 g/mol. The number of rotatable bonds is 8. The first kappa shape index (κ1) is 27.2. The molecule has 0 saturated heterocycles. The Labute approximate surface area is 240 Å². The van der Waals surface area contributed by atoms with E-state index < -0.39 is 15.7 Å². The van der Waals surface area contributed by atoms with Crippen molar-refractivity contribution in [1.29, 1.82) is 0 Å². The topological polar surface area (TPSA) is 146 Å². The second kappa shape index (κ2) is 10.8. The number of carbonyl (C=O) groups is 1. The zero-order chi connectivity index (χ0) is 29.4. The maximum atomic E-state index is 14.6. The molecule has 12 heteroatoms. The molecule has 212 valence electrons. The number of fused-ring (bicyclic) bond motifs is 2. The summed E-state index contributed by atoms with van der Waals surface area (Å²) in [5, 5.41) is 11.2. The van der Waals surface area contributed by atoms with E-state index in [1.807, 2.05) is 24.3 Å². The highest BCUT2D eigenvalue weighted by molar-refractivity contribution is 7.90. The zero-order valence-corrected chi connectivity index (χ0v) is 23.6. The van der Waals surface area contributed by atoms with Gasteiger partial charge >= 0.3 is 0 Å². The van der Waals surface area contributed by atoms with Crippen molar-refractivity contribution in [2.45, 2.75) is 19.8 Å². The van der Waals surface area contributed by atoms with Crippen LogP contribution in [0.5, 0.6) is 0 Å². The van der Waals surface area contributed by atoms with Crippen LogP contribution < -0.4 is 5.32 Å². The van der Waals surface area contributed by atoms with Crippen LogP contribution in [-0.4, -0.2) is 56.5 Å². The van der Waals surface area contributed by atoms with Gasteiger partial charge in [0.2, 0.25) is 5.91 Å². The highest BCUT2D eigenvalue weighted by Gasteiger charge is 2.17. The van der Waals surface area contributed by atoms with Crippen molar-refractivity contribution in [3.8, 4) is 33.8 Å². The van der Waals surface area contributed by atoms with E-state index in [1.54, 1.807) is 37.6 Å². The lowest BCUT2D eigenvalue weighted by Gasteiger charge is -2.07. The Kier molecular flexibility index (Phi) is 6.99. The Hall–Kier alpha value is -4.97. The van der Waals surface area contributed by atoms with Gasteiger partial charge in [-0.3, -0.25) is 14.9 Å². The summed E-state index contributed by atoms with van der Waals surface area (Å²) in [6.07, 6.45) is 6.66. The van der Waals surface area contributed by atoms with E-state index in [0.717, 1.165) is 28.3 Å². The van der Waals surface area contributed by atoms with E-state index in [0.29, 0.717) is 51.5 Å². The van der Waals surface area contributed by atoms with Crippen molar-refractivity contribution in [2.24, 2.45) is 0 Å². The van der Waals surface area contributed by atoms with Gasteiger partial charge in [0.1, 0.15) is 21.3 Å². The number of hydrogen-bond acceptors (Lipinski definition) is 7. The molecule has 0 bridgehead atoms. The third kappa shape index (κ3) is 5.61. The first-order chi connectivity index (χ1) is 20.2. The number of aromatic nitrogens is 6. The molecular weight excluding hydrogens is 557 g/mol. The van der Waals surface area contributed by atoms with E-state index in [1.165, 1.54) is 12.1 Å². The predicted molar refractivity (Wildman–Crippen MR) is 160 cm³/mol. The summed E-state index contributed by atoms with van der Waals surface area (Å²) in [6.45, 7) is 1.79. The molecule has 6 aromatic rings. The van der Waals surface area contributed by atoms with Crippen LogP contribution in [0.25, 0.3) is 55.8 Å². The summed E-state index contributed by atoms with van der Waals surface area (Å²) in [5.74, 6) is -0.149. The van der Waals surface area contributed by atoms with E-state index in [9.17, 15) is 17.6 Å². The molecule has 4 aromatic heterocycles. The van der Waals surface area contributed by atoms with E-state index in [4.69, 9.17) is 0 Å². The van der Waals surface area contributed by atoms with Crippen molar-refractivity contribution < 1.29 is 17.6 Å². The summed E-state index contributed by atoms with van der Waals surface area (Å²) in [6, 6.07) is 14.0. The zero-order valence-electron chi connectivity index (χ0n) is 22.8. The molecule has 4 heterocycles. The van der Waals surface area contributed by atoms with Gasteiger partial charge in [0, 0.05) is 41.6 Å². The Morgan fingerprint density at radius 3 is 2.69 bits per heavy atom. The molecule has 0 spiro atoms. The van der Waals surface area contributed by atoms with Gasteiger partial charge in [-0.2, -0.15) is 5.10 Å². The lowest BCUT2D eigenvalue weighted by Crippen LogP contribution is -2.09. The summed E-state index contributed by atoms with van der Waals surface area (Å²) in [7, 11) is -3.19. The van der Waals surface area contributed by atoms with Crippen LogP contribution in [0.15, 0.2) is 67.1 Å². The molecule has 0 fully saturated rings. The minimum absolute atomic E-state index is 0.0716. The number of benzene rings is 2. The van der Waals surface area contributed by atoms with Crippen molar-refractivity contribution in [3.63, 3.8) is 0 Å². The summed E-state index contributed by atoms with van der Waals surface area (Å²) in [5.41, 5.74) is 6.56. The van der Waals surface area contributed by atoms with Gasteiger partial charge in [0.15, 0.2) is 11.5 Å². The fourth-order valence-electron chi connectivity index (χ4n) is 4.81. The van der Waals surface area contributed by atoms with Crippen molar-refractivity contribution in [1.82, 2.24) is 30.1 Å². The highest BCUT2D eigenvalue weighted by Crippen LogP contribution is 2.33. The van der Waals surface area contributed by atoms with E-state index >= 15 is 0 Å². The molecule has 0 aliphatic rings. The van der Waals surface area contributed by atoms with Gasteiger partial charge in [0.05, 0.1) is 28.7 Å². The van der Waals surface area contributed by atoms with E-state index in [-0.39, 0.29) is 18.1 Å². The number of hydrogen-bond donors (Lipinski definition) is 3. The van der Waals surface area contributed by atoms with Crippen LogP contribution in [0.3, 0.4) is 0 Å². The maximum absolute atomic E-state index is 14.6. The third-order valence-corrected chi connectivity index (χ3v) is 7.83. The summed E-state index contributed by atoms with van der Waals surface area (Å²) >= 11 is 0. The van der Waals surface area contributed by atoms with Crippen LogP contribution in [0.4, 0.5) is 10.1 Å². The lowest BCUT2D eigenvalue weighted by atomic mass is 10.0. The number of imidazole rings is 1. The molecule has 0 aliphatic heterocycles. The van der Waals surface area contributed by atoms with Gasteiger partial charge in [-0.1, -0.05) is 19.1 Å². The van der Waals surface area contributed by atoms with Crippen molar-refractivity contribution in [2.75, 3.05) is 17.3 Å². The molecular formula is C30H26FN7O3S. The number of amides is 1. The Morgan fingerprint density at radius 2 is 1.88 bits per heavy atom. The molecule has 6 rings (SSSR count). The van der Waals surface area contributed by atoms with Gasteiger partial charge in [-0.25, -0.2) is 22.8 Å². The van der Waals surface area contributed by atoms with Crippen molar-refractivity contribution in [3.05, 3.63) is 78.5 Å². The molecule has 0 unspecified atom stereocenters. The van der Waals surface area contributed by atoms with Crippen LogP contribution in [0, 0.1) is 5.82 Å². The fourth-order valence-corrected chi connectivity index (χ4v) is 5.41. The number of sulfone groups is 1. The quantitative estimate of drug-likeness (QED) is 0.220. The number of carbonyl (C=O) groups excluding carboxylic acids is 1. The minimum atomic E-state index is -3.19. The Balaban J connectivity index is 1.39. The SMILES string of the molecule is CCC(=O)Nc1cncc(-c2ccc3[nH]nc(-c4nc5nccc(-c6cc(F)cc(CCS(C)(=O)=O)c6)c5[nH]4)c3c2)c1. The first-order valence-corrected chi connectivity index (χ1v) is 15.3. The molecule has 1 amide bonds. The second-order valence-electron chi connectivity index (χ2n) is 10.1. The first-order valence-electron chi connectivity index (χ1n) is 13.2. The number of nitrogens with one attached hydrogen (secondary N) is 3. The lowest BCUT2D eigenvalue weighted by molar-refractivity contribution is -0.115. The van der Waals surface area contributed by atoms with Crippen LogP contribution in [0.2, 0.25) is 0 Å². The molecule has 0 saturated carbocycles. The molecule has 0 atom stereocenters. The molecule has 3 N–H and O–H groups in total. The second-order valence-corrected chi connectivity index (χ2v) is 12.3. The molecule has 42 heavy (non-hydrogen) atoms. The monoisotopic (exact) mass is 583 g/mol. The Morgan fingerprint density at radius 1 is 1.02 bits per heavy atom. The molecule has 2 aromatic carbocycles. The van der Waals surface area contributed by atoms with Crippen LogP contribution in [0.1, 0.15) is 18.9 Å². The third-order valence-electron chi connectivity index (χ3n) is 6.89. The number of aromatic amines is 2. The Bertz CT molecular complexity index is 2090. The molecule has 10 nitrogen and oxygen atoms in total. The number of H-pyrrole nitrogens is 2. The standard InChI is InChI=1S/C30H26FN7O3S/c1-3-26(39)34-22-13-20(15-32-16-22)18-4-5-25-24(14-18)28(38-37-25)30-35-27-23(6-8-33-29(27)36-30)19-10-17(11-21(31)12-19)7-9-42(2,40)41/h4-6,8,10-16H,3,7,9H2,1-2H3,(H,34,39)(H,37,38)(H,33,35,36). The molecule has 0 radical (unpaired) electrons. The normalized spacial score (nSPS) is 11.8. The maximum Gasteiger partial charge on any atom is 0.224 e. The number of aryl methyl sites for hydroxylation is 1. The number of pyridine rings is 2. The van der Waals surface area contributed by atoms with Gasteiger partial charge in [-0.05, 0) is 59.5 Å². The van der Waals surface area contributed by atoms with Gasteiger partial charge < -0.3 is 10.3 Å². The average Bonchev–Trinajstić information content (AvgIpc) is 3.59. The number of nitrogens with zero attached hydrogens (tertiary/aromatic N) is 4. The predicted octanol–water partition coefficient (Wildman–Crippen LogP) is 5.30. The summed E-state index contributed by atoms with van der Waals surface area (Å²) < 4.78 is 37.9. The highest BCUT2D eigenvalue weighted by atomic mass is 32.2. The summed E-state index contributed by atoms with van der Waals surface area (Å²) in [4.78, 5) is 28.5. The van der Waals surface area contributed by atoms with Crippen LogP contribution >= 0.6 is 0 Å². The van der Waals surface area contributed by atoms with Crippen molar-refractivity contribution >= 4 is 43.5 Å². The van der Waals surface area contributed by atoms with Gasteiger partial charge in [-0.15, -0.1) is 0 Å². The smallest absolute Gasteiger partial charge is 0.224 e. The fraction of sp³-hybridized carbons (Fsp3) is 0.167. The van der Waals surface area contributed by atoms with E-state index in [2.05, 4.69) is 35.5 Å². The number of anilines is 1. The van der Waals surface area contributed by atoms with Gasteiger partial charge in [0.25, 0.3) is 0 Å². The largest absolute Gasteiger partial charge is 0.335 e. The number of halogens is 1. The van der Waals surface area contributed by atoms with Crippen LogP contribution in [-0.2, 0) is 21.1 Å². The molecule has 0 aliphatic carbocycles.